The standard InChI is InChI=1S/C15H21NO/c1-13(15(17)16-11-6-12-16)7-5-10-14-8-3-2-4-9-14/h2-4,8-9,13H,5-7,10-12H2,1H3/t13-/m1/s1. The van der Waals surface area contributed by atoms with Gasteiger partial charge in [0.1, 0.15) is 0 Å². The molecule has 1 fully saturated rings. The summed E-state index contributed by atoms with van der Waals surface area (Å²) < 4.78 is 0. The first kappa shape index (κ1) is 12.2. The summed E-state index contributed by atoms with van der Waals surface area (Å²) in [7, 11) is 0. The molecule has 0 unspecified atom stereocenters. The molecule has 0 radical (unpaired) electrons. The molecule has 1 aromatic rings. The number of carbonyl (C=O) groups is 1. The van der Waals surface area contributed by atoms with Crippen LogP contribution >= 0.6 is 0 Å². The molecule has 1 aromatic carbocycles. The summed E-state index contributed by atoms with van der Waals surface area (Å²) in [4.78, 5) is 13.9. The molecule has 1 saturated heterocycles. The van der Waals surface area contributed by atoms with Gasteiger partial charge in [-0.3, -0.25) is 4.79 Å². The number of hydrogen-bond acceptors (Lipinski definition) is 1. The molecule has 0 saturated carbocycles. The average Bonchev–Trinajstić information content (AvgIpc) is 2.28. The predicted molar refractivity (Wildman–Crippen MR) is 69.7 cm³/mol. The maximum atomic E-state index is 11.9. The Kier molecular flexibility index (Phi) is 4.18. The first-order chi connectivity index (χ1) is 8.27. The van der Waals surface area contributed by atoms with E-state index >= 15 is 0 Å². The molecule has 1 aliphatic heterocycles. The van der Waals surface area contributed by atoms with Crippen molar-refractivity contribution in [1.82, 2.24) is 4.90 Å². The number of benzene rings is 1. The van der Waals surface area contributed by atoms with E-state index in [2.05, 4.69) is 31.2 Å². The lowest BCUT2D eigenvalue weighted by Crippen LogP contribution is -2.44. The molecule has 0 aliphatic carbocycles. The van der Waals surface area contributed by atoms with E-state index in [4.69, 9.17) is 0 Å². The van der Waals surface area contributed by atoms with Crippen molar-refractivity contribution in [3.63, 3.8) is 0 Å². The lowest BCUT2D eigenvalue weighted by molar-refractivity contribution is -0.138. The van der Waals surface area contributed by atoms with E-state index in [0.717, 1.165) is 32.4 Å². The highest BCUT2D eigenvalue weighted by molar-refractivity contribution is 5.79. The topological polar surface area (TPSA) is 20.3 Å². The molecule has 1 amide bonds. The molecule has 17 heavy (non-hydrogen) atoms. The van der Waals surface area contributed by atoms with E-state index < -0.39 is 0 Å². The summed E-state index contributed by atoms with van der Waals surface area (Å²) in [5.41, 5.74) is 1.37. The van der Waals surface area contributed by atoms with Gasteiger partial charge in [0, 0.05) is 19.0 Å². The van der Waals surface area contributed by atoms with E-state index in [1.54, 1.807) is 0 Å². The van der Waals surface area contributed by atoms with Crippen LogP contribution in [0, 0.1) is 5.92 Å². The summed E-state index contributed by atoms with van der Waals surface area (Å²) >= 11 is 0. The van der Waals surface area contributed by atoms with Crippen LogP contribution in [0.25, 0.3) is 0 Å². The second-order valence-electron chi connectivity index (χ2n) is 4.96. The molecule has 0 spiro atoms. The molecule has 2 rings (SSSR count). The minimum absolute atomic E-state index is 0.194. The number of likely N-dealkylation sites (tertiary alicyclic amines) is 1. The van der Waals surface area contributed by atoms with Crippen LogP contribution in [0.4, 0.5) is 0 Å². The Morgan fingerprint density at radius 3 is 2.59 bits per heavy atom. The fourth-order valence-corrected chi connectivity index (χ4v) is 2.23. The Bertz CT molecular complexity index is 356. The van der Waals surface area contributed by atoms with Gasteiger partial charge in [-0.15, -0.1) is 0 Å². The van der Waals surface area contributed by atoms with Gasteiger partial charge >= 0.3 is 0 Å². The molecule has 0 bridgehead atoms. The molecular weight excluding hydrogens is 210 g/mol. The lowest BCUT2D eigenvalue weighted by atomic mass is 9.98. The molecule has 0 N–H and O–H groups in total. The van der Waals surface area contributed by atoms with E-state index in [-0.39, 0.29) is 5.92 Å². The van der Waals surface area contributed by atoms with Crippen molar-refractivity contribution in [2.75, 3.05) is 13.1 Å². The van der Waals surface area contributed by atoms with Gasteiger partial charge in [-0.1, -0.05) is 37.3 Å². The Balaban J connectivity index is 1.69. The number of rotatable bonds is 5. The average molecular weight is 231 g/mol. The summed E-state index contributed by atoms with van der Waals surface area (Å²) in [5.74, 6) is 0.545. The van der Waals surface area contributed by atoms with Crippen LogP contribution in [0.5, 0.6) is 0 Å². The van der Waals surface area contributed by atoms with Crippen molar-refractivity contribution in [3.8, 4) is 0 Å². The minimum Gasteiger partial charge on any atom is -0.342 e. The van der Waals surface area contributed by atoms with E-state index in [0.29, 0.717) is 5.91 Å². The molecule has 2 heteroatoms. The number of amides is 1. The number of aryl methyl sites for hydroxylation is 1. The highest BCUT2D eigenvalue weighted by Crippen LogP contribution is 2.16. The zero-order valence-electron chi connectivity index (χ0n) is 10.6. The van der Waals surface area contributed by atoms with Gasteiger partial charge < -0.3 is 4.90 Å². The SMILES string of the molecule is C[C@H](CCCc1ccccc1)C(=O)N1CCC1. The maximum Gasteiger partial charge on any atom is 0.225 e. The Morgan fingerprint density at radius 2 is 2.00 bits per heavy atom. The predicted octanol–water partition coefficient (Wildman–Crippen LogP) is 2.88. The normalized spacial score (nSPS) is 16.4. The zero-order valence-corrected chi connectivity index (χ0v) is 10.6. The van der Waals surface area contributed by atoms with E-state index in [9.17, 15) is 4.79 Å². The van der Waals surface area contributed by atoms with Crippen LogP contribution in [0.15, 0.2) is 30.3 Å². The first-order valence-corrected chi connectivity index (χ1v) is 6.60. The third kappa shape index (κ3) is 3.32. The van der Waals surface area contributed by atoms with Crippen LogP contribution in [0.3, 0.4) is 0 Å². The van der Waals surface area contributed by atoms with Crippen LogP contribution in [-0.4, -0.2) is 23.9 Å². The number of carbonyl (C=O) groups excluding carboxylic acids is 1. The molecular formula is C15H21NO. The van der Waals surface area contributed by atoms with Gasteiger partial charge in [0.2, 0.25) is 5.91 Å². The fourth-order valence-electron chi connectivity index (χ4n) is 2.23. The highest BCUT2D eigenvalue weighted by Gasteiger charge is 2.24. The molecule has 1 aliphatic rings. The van der Waals surface area contributed by atoms with Gasteiger partial charge in [0.25, 0.3) is 0 Å². The lowest BCUT2D eigenvalue weighted by Gasteiger charge is -2.33. The quantitative estimate of drug-likeness (QED) is 0.763. The maximum absolute atomic E-state index is 11.9. The summed E-state index contributed by atoms with van der Waals surface area (Å²) in [5, 5.41) is 0. The Labute approximate surface area is 104 Å². The minimum atomic E-state index is 0.194. The van der Waals surface area contributed by atoms with Crippen LogP contribution in [-0.2, 0) is 11.2 Å². The molecule has 92 valence electrons. The first-order valence-electron chi connectivity index (χ1n) is 6.60. The highest BCUT2D eigenvalue weighted by atomic mass is 16.2. The van der Waals surface area contributed by atoms with Crippen molar-refractivity contribution >= 4 is 5.91 Å². The third-order valence-electron chi connectivity index (χ3n) is 3.53. The van der Waals surface area contributed by atoms with Crippen molar-refractivity contribution < 1.29 is 4.79 Å². The smallest absolute Gasteiger partial charge is 0.225 e. The van der Waals surface area contributed by atoms with Crippen molar-refractivity contribution in [1.29, 1.82) is 0 Å². The summed E-state index contributed by atoms with van der Waals surface area (Å²) in [6, 6.07) is 10.5. The van der Waals surface area contributed by atoms with Crippen molar-refractivity contribution in [3.05, 3.63) is 35.9 Å². The molecule has 2 nitrogen and oxygen atoms in total. The Morgan fingerprint density at radius 1 is 1.29 bits per heavy atom. The molecule has 1 atom stereocenters. The number of hydrogen-bond donors (Lipinski definition) is 0. The van der Waals surface area contributed by atoms with Gasteiger partial charge in [0.05, 0.1) is 0 Å². The monoisotopic (exact) mass is 231 g/mol. The molecule has 0 aromatic heterocycles. The van der Waals surface area contributed by atoms with Crippen molar-refractivity contribution in [2.24, 2.45) is 5.92 Å². The summed E-state index contributed by atoms with van der Waals surface area (Å²) in [6.07, 6.45) is 4.37. The second-order valence-corrected chi connectivity index (χ2v) is 4.96. The summed E-state index contributed by atoms with van der Waals surface area (Å²) in [6.45, 7) is 4.01. The fraction of sp³-hybridized carbons (Fsp3) is 0.533. The Hall–Kier alpha value is -1.31. The van der Waals surface area contributed by atoms with Gasteiger partial charge in [-0.25, -0.2) is 0 Å². The van der Waals surface area contributed by atoms with Crippen molar-refractivity contribution in [2.45, 2.75) is 32.6 Å². The van der Waals surface area contributed by atoms with Crippen LogP contribution in [0.2, 0.25) is 0 Å². The number of nitrogens with zero attached hydrogens (tertiary/aromatic N) is 1. The third-order valence-corrected chi connectivity index (χ3v) is 3.53. The zero-order chi connectivity index (χ0) is 12.1. The second kappa shape index (κ2) is 5.85. The largest absolute Gasteiger partial charge is 0.342 e. The van der Waals surface area contributed by atoms with Crippen LogP contribution < -0.4 is 0 Å². The van der Waals surface area contributed by atoms with E-state index in [1.165, 1.54) is 12.0 Å². The van der Waals surface area contributed by atoms with Crippen LogP contribution in [0.1, 0.15) is 31.7 Å². The van der Waals surface area contributed by atoms with E-state index in [1.807, 2.05) is 11.0 Å². The molecule has 1 heterocycles. The van der Waals surface area contributed by atoms with Gasteiger partial charge in [-0.2, -0.15) is 0 Å². The van der Waals surface area contributed by atoms with Gasteiger partial charge in [-0.05, 0) is 31.2 Å². The van der Waals surface area contributed by atoms with Gasteiger partial charge in [0.15, 0.2) is 0 Å².